The van der Waals surface area contributed by atoms with Crippen molar-refractivity contribution in [3.05, 3.63) is 34.9 Å². The SMILES string of the molecule is CCN(CC)CCCNCC(O)c1ccccc1Cl. The quantitative estimate of drug-likeness (QED) is 0.685. The van der Waals surface area contributed by atoms with E-state index in [2.05, 4.69) is 24.1 Å². The zero-order valence-electron chi connectivity index (χ0n) is 11.9. The molecule has 4 heteroatoms. The predicted molar refractivity (Wildman–Crippen MR) is 81.7 cm³/mol. The smallest absolute Gasteiger partial charge is 0.0928 e. The molecule has 0 bridgehead atoms. The van der Waals surface area contributed by atoms with Crippen molar-refractivity contribution in [2.24, 2.45) is 0 Å². The molecule has 2 N–H and O–H groups in total. The number of benzene rings is 1. The molecule has 0 aliphatic carbocycles. The van der Waals surface area contributed by atoms with Gasteiger partial charge < -0.3 is 15.3 Å². The minimum atomic E-state index is -0.540. The van der Waals surface area contributed by atoms with Gasteiger partial charge in [0, 0.05) is 17.1 Å². The molecule has 0 aromatic heterocycles. The van der Waals surface area contributed by atoms with Crippen LogP contribution in [0.15, 0.2) is 24.3 Å². The van der Waals surface area contributed by atoms with Crippen LogP contribution in [-0.4, -0.2) is 42.7 Å². The molecule has 0 saturated heterocycles. The lowest BCUT2D eigenvalue weighted by Gasteiger charge is -2.18. The Morgan fingerprint density at radius 3 is 2.58 bits per heavy atom. The van der Waals surface area contributed by atoms with E-state index >= 15 is 0 Å². The highest BCUT2D eigenvalue weighted by Gasteiger charge is 2.10. The predicted octanol–water partition coefficient (Wildman–Crippen LogP) is 2.69. The topological polar surface area (TPSA) is 35.5 Å². The van der Waals surface area contributed by atoms with Crippen molar-refractivity contribution in [3.63, 3.8) is 0 Å². The maximum absolute atomic E-state index is 10.0. The first-order valence-electron chi connectivity index (χ1n) is 7.04. The third-order valence-corrected chi connectivity index (χ3v) is 3.67. The average Bonchev–Trinajstić information content (AvgIpc) is 2.43. The summed E-state index contributed by atoms with van der Waals surface area (Å²) >= 11 is 6.04. The molecule has 3 nitrogen and oxygen atoms in total. The van der Waals surface area contributed by atoms with E-state index in [1.165, 1.54) is 0 Å². The van der Waals surface area contributed by atoms with Gasteiger partial charge in [-0.1, -0.05) is 43.6 Å². The monoisotopic (exact) mass is 284 g/mol. The van der Waals surface area contributed by atoms with Crippen LogP contribution in [0.25, 0.3) is 0 Å². The lowest BCUT2D eigenvalue weighted by Crippen LogP contribution is -2.28. The first kappa shape index (κ1) is 16.4. The van der Waals surface area contributed by atoms with Crippen LogP contribution in [0, 0.1) is 0 Å². The van der Waals surface area contributed by atoms with Gasteiger partial charge in [0.1, 0.15) is 0 Å². The van der Waals surface area contributed by atoms with E-state index in [4.69, 9.17) is 11.6 Å². The molecule has 1 aromatic carbocycles. The Labute approximate surface area is 121 Å². The van der Waals surface area contributed by atoms with Crippen LogP contribution in [0.3, 0.4) is 0 Å². The summed E-state index contributed by atoms with van der Waals surface area (Å²) in [6.07, 6.45) is 0.554. The lowest BCUT2D eigenvalue weighted by atomic mass is 10.1. The zero-order chi connectivity index (χ0) is 14.1. The second-order valence-corrected chi connectivity index (χ2v) is 5.03. The minimum absolute atomic E-state index is 0.540. The van der Waals surface area contributed by atoms with Gasteiger partial charge in [-0.05, 0) is 38.7 Å². The lowest BCUT2D eigenvalue weighted by molar-refractivity contribution is 0.174. The Morgan fingerprint density at radius 2 is 1.95 bits per heavy atom. The highest BCUT2D eigenvalue weighted by atomic mass is 35.5. The van der Waals surface area contributed by atoms with Gasteiger partial charge in [0.25, 0.3) is 0 Å². The molecule has 108 valence electrons. The Bertz CT molecular complexity index is 356. The summed E-state index contributed by atoms with van der Waals surface area (Å²) in [5.41, 5.74) is 0.792. The van der Waals surface area contributed by atoms with Gasteiger partial charge >= 0.3 is 0 Å². The van der Waals surface area contributed by atoms with Crippen molar-refractivity contribution in [1.29, 1.82) is 0 Å². The second kappa shape index (κ2) is 9.32. The second-order valence-electron chi connectivity index (χ2n) is 4.62. The van der Waals surface area contributed by atoms with E-state index in [1.807, 2.05) is 18.2 Å². The Morgan fingerprint density at radius 1 is 1.26 bits per heavy atom. The molecular formula is C15H25ClN2O. The first-order valence-corrected chi connectivity index (χ1v) is 7.42. The largest absolute Gasteiger partial charge is 0.387 e. The van der Waals surface area contributed by atoms with Crippen molar-refractivity contribution in [3.8, 4) is 0 Å². The fraction of sp³-hybridized carbons (Fsp3) is 0.600. The van der Waals surface area contributed by atoms with Crippen LogP contribution >= 0.6 is 11.6 Å². The van der Waals surface area contributed by atoms with Gasteiger partial charge in [0.15, 0.2) is 0 Å². The number of nitrogens with one attached hydrogen (secondary N) is 1. The van der Waals surface area contributed by atoms with Gasteiger partial charge in [-0.2, -0.15) is 0 Å². The molecule has 0 aliphatic rings. The number of nitrogens with zero attached hydrogens (tertiary/aromatic N) is 1. The third-order valence-electron chi connectivity index (χ3n) is 3.32. The number of aliphatic hydroxyl groups excluding tert-OH is 1. The van der Waals surface area contributed by atoms with Crippen molar-refractivity contribution in [2.75, 3.05) is 32.7 Å². The van der Waals surface area contributed by atoms with Gasteiger partial charge in [-0.3, -0.25) is 0 Å². The van der Waals surface area contributed by atoms with E-state index in [0.717, 1.165) is 38.2 Å². The standard InChI is InChI=1S/C15H25ClN2O/c1-3-18(4-2)11-7-10-17-12-15(19)13-8-5-6-9-14(13)16/h5-6,8-9,15,17,19H,3-4,7,10-12H2,1-2H3. The normalized spacial score (nSPS) is 12.9. The highest BCUT2D eigenvalue weighted by molar-refractivity contribution is 6.31. The first-order chi connectivity index (χ1) is 9.19. The minimum Gasteiger partial charge on any atom is -0.387 e. The summed E-state index contributed by atoms with van der Waals surface area (Å²) in [6.45, 7) is 9.11. The molecule has 0 amide bonds. The molecule has 0 heterocycles. The van der Waals surface area contributed by atoms with Crippen LogP contribution in [0.1, 0.15) is 31.9 Å². The molecule has 1 aromatic rings. The Balaban J connectivity index is 2.21. The molecular weight excluding hydrogens is 260 g/mol. The van der Waals surface area contributed by atoms with Crippen molar-refractivity contribution < 1.29 is 5.11 Å². The Kier molecular flexibility index (Phi) is 8.07. The molecule has 0 spiro atoms. The van der Waals surface area contributed by atoms with Crippen LogP contribution in [0.4, 0.5) is 0 Å². The molecule has 0 fully saturated rings. The molecule has 19 heavy (non-hydrogen) atoms. The third kappa shape index (κ3) is 5.91. The van der Waals surface area contributed by atoms with Crippen molar-refractivity contribution >= 4 is 11.6 Å². The van der Waals surface area contributed by atoms with Crippen LogP contribution < -0.4 is 5.32 Å². The van der Waals surface area contributed by atoms with E-state index in [0.29, 0.717) is 11.6 Å². The fourth-order valence-corrected chi connectivity index (χ4v) is 2.32. The van der Waals surface area contributed by atoms with Gasteiger partial charge in [-0.15, -0.1) is 0 Å². The number of halogens is 1. The van der Waals surface area contributed by atoms with Gasteiger partial charge in [0.05, 0.1) is 6.10 Å². The molecule has 0 saturated carbocycles. The number of hydrogen-bond acceptors (Lipinski definition) is 3. The van der Waals surface area contributed by atoms with Crippen LogP contribution in [-0.2, 0) is 0 Å². The Hall–Kier alpha value is -0.610. The number of aliphatic hydroxyl groups is 1. The zero-order valence-corrected chi connectivity index (χ0v) is 12.7. The molecule has 1 rings (SSSR count). The number of rotatable bonds is 9. The summed E-state index contributed by atoms with van der Waals surface area (Å²) in [6, 6.07) is 7.44. The van der Waals surface area contributed by atoms with E-state index in [9.17, 15) is 5.11 Å². The fourth-order valence-electron chi connectivity index (χ4n) is 2.06. The molecule has 0 radical (unpaired) electrons. The van der Waals surface area contributed by atoms with E-state index in [-0.39, 0.29) is 0 Å². The molecule has 1 atom stereocenters. The van der Waals surface area contributed by atoms with Gasteiger partial charge in [0.2, 0.25) is 0 Å². The van der Waals surface area contributed by atoms with Crippen molar-refractivity contribution in [1.82, 2.24) is 10.2 Å². The highest BCUT2D eigenvalue weighted by Crippen LogP contribution is 2.21. The number of hydrogen-bond donors (Lipinski definition) is 2. The summed E-state index contributed by atoms with van der Waals surface area (Å²) in [5.74, 6) is 0. The summed E-state index contributed by atoms with van der Waals surface area (Å²) in [4.78, 5) is 2.40. The summed E-state index contributed by atoms with van der Waals surface area (Å²) < 4.78 is 0. The van der Waals surface area contributed by atoms with Crippen LogP contribution in [0.2, 0.25) is 5.02 Å². The van der Waals surface area contributed by atoms with E-state index in [1.54, 1.807) is 6.07 Å². The molecule has 0 aliphatic heterocycles. The van der Waals surface area contributed by atoms with Crippen LogP contribution in [0.5, 0.6) is 0 Å². The molecule has 1 unspecified atom stereocenters. The summed E-state index contributed by atoms with van der Waals surface area (Å²) in [5, 5.41) is 13.9. The van der Waals surface area contributed by atoms with Gasteiger partial charge in [-0.25, -0.2) is 0 Å². The maximum atomic E-state index is 10.0. The van der Waals surface area contributed by atoms with E-state index < -0.39 is 6.10 Å². The average molecular weight is 285 g/mol. The summed E-state index contributed by atoms with van der Waals surface area (Å²) in [7, 11) is 0. The van der Waals surface area contributed by atoms with Crippen molar-refractivity contribution in [2.45, 2.75) is 26.4 Å². The maximum Gasteiger partial charge on any atom is 0.0928 e.